The molecule has 0 bridgehead atoms. The van der Waals surface area contributed by atoms with Gasteiger partial charge in [0.1, 0.15) is 5.00 Å². The zero-order valence-corrected chi connectivity index (χ0v) is 32.3. The van der Waals surface area contributed by atoms with Crippen molar-refractivity contribution in [2.24, 2.45) is 0 Å². The van der Waals surface area contributed by atoms with Crippen LogP contribution in [0.15, 0.2) is 230 Å². The van der Waals surface area contributed by atoms with Crippen LogP contribution in [-0.2, 0) is 0 Å². The van der Waals surface area contributed by atoms with Crippen LogP contribution in [0.5, 0.6) is 0 Å². The van der Waals surface area contributed by atoms with E-state index in [1.54, 1.807) is 35.6 Å². The lowest BCUT2D eigenvalue weighted by Crippen LogP contribution is -2.08. The van der Waals surface area contributed by atoms with E-state index >= 15 is 0 Å². The van der Waals surface area contributed by atoms with Gasteiger partial charge in [-0.1, -0.05) is 164 Å². The molecule has 0 aliphatic heterocycles. The van der Waals surface area contributed by atoms with Gasteiger partial charge in [-0.2, -0.15) is 0 Å². The molecular weight excluding hydrogens is 733 g/mol. The summed E-state index contributed by atoms with van der Waals surface area (Å²) in [5.74, 6) is 0. The summed E-state index contributed by atoms with van der Waals surface area (Å²) in [4.78, 5) is 3.05. The van der Waals surface area contributed by atoms with Crippen LogP contribution in [-0.4, -0.2) is 4.57 Å². The van der Waals surface area contributed by atoms with Crippen LogP contribution < -0.4 is 4.90 Å². The quantitative estimate of drug-likeness (QED) is 0.149. The van der Waals surface area contributed by atoms with Gasteiger partial charge in [0.25, 0.3) is 0 Å². The summed E-state index contributed by atoms with van der Waals surface area (Å²) in [6, 6.07) is 53.4. The number of hydrogen-bond donors (Lipinski definition) is 0. The fourth-order valence-electron chi connectivity index (χ4n) is 8.00. The highest BCUT2D eigenvalue weighted by Gasteiger charge is 2.18. The number of benzene rings is 9. The van der Waals surface area contributed by atoms with E-state index in [1.807, 2.05) is 41.3 Å². The van der Waals surface area contributed by atoms with Crippen LogP contribution in [0, 0.1) is 0 Å². The number of aromatic nitrogens is 1. The van der Waals surface area contributed by atoms with Crippen molar-refractivity contribution in [3.05, 3.63) is 230 Å². The van der Waals surface area contributed by atoms with Crippen LogP contribution in [0.1, 0.15) is 13.7 Å². The highest BCUT2D eigenvalue weighted by molar-refractivity contribution is 7.19. The second-order valence-electron chi connectivity index (χ2n) is 14.2. The lowest BCUT2D eigenvalue weighted by Gasteiger charge is -2.24. The van der Waals surface area contributed by atoms with Crippen molar-refractivity contribution in [3.63, 3.8) is 0 Å². The monoisotopic (exact) mass is 780 g/mol. The molecule has 0 aliphatic carbocycles. The predicted molar refractivity (Wildman–Crippen MR) is 253 cm³/mol. The Labute approximate surface area is 362 Å². The molecule has 9 aromatic carbocycles. The Morgan fingerprint density at radius 2 is 0.949 bits per heavy atom. The molecule has 0 N–H and O–H groups in total. The molecule has 2 aromatic heterocycles. The molecule has 0 atom stereocenters. The molecule has 0 radical (unpaired) electrons. The third kappa shape index (κ3) is 6.39. The van der Waals surface area contributed by atoms with Crippen LogP contribution in [0.25, 0.3) is 82.1 Å². The molecule has 0 saturated carbocycles. The Kier molecular flexibility index (Phi) is 6.45. The number of fused-ring (bicyclic) bond motifs is 5. The zero-order chi connectivity index (χ0) is 47.8. The summed E-state index contributed by atoms with van der Waals surface area (Å²) in [7, 11) is 0. The van der Waals surface area contributed by atoms with E-state index in [4.69, 9.17) is 13.7 Å². The molecule has 0 fully saturated rings. The Hall–Kier alpha value is -7.46. The standard InChI is InChI=1S/C56H38N2S/c1-4-12-39(13-5-1)41-24-30-48(31-25-41)57(49-32-26-42(27-33-49)40-14-6-2-7-15-40)55-37-36-54(59-55)45-22-20-43(21-23-45)46-29-34-52-51(38-46)56-50-19-11-10-16-44(50)28-35-53(56)58(52)47-17-8-3-9-18-47/h1-38H/i1D,2D,4D,5D,6D,7D,12D,13D,14D,15D. The molecular formula is C56H38N2S. The maximum Gasteiger partial charge on any atom is 0.101 e. The normalized spacial score (nSPS) is 13.8. The smallest absolute Gasteiger partial charge is 0.101 e. The van der Waals surface area contributed by atoms with Gasteiger partial charge in [0.05, 0.1) is 24.7 Å². The lowest BCUT2D eigenvalue weighted by molar-refractivity contribution is 1.18. The van der Waals surface area contributed by atoms with Crippen molar-refractivity contribution in [3.8, 4) is 49.5 Å². The van der Waals surface area contributed by atoms with Crippen LogP contribution in [0.3, 0.4) is 0 Å². The number of rotatable bonds is 8. The van der Waals surface area contributed by atoms with Gasteiger partial charge in [0.15, 0.2) is 0 Å². The maximum atomic E-state index is 8.56. The molecule has 59 heavy (non-hydrogen) atoms. The van der Waals surface area contributed by atoms with Gasteiger partial charge in [-0.3, -0.25) is 0 Å². The highest BCUT2D eigenvalue weighted by Crippen LogP contribution is 2.44. The van der Waals surface area contributed by atoms with Gasteiger partial charge < -0.3 is 9.47 Å². The van der Waals surface area contributed by atoms with Gasteiger partial charge in [-0.05, 0) is 116 Å². The SMILES string of the molecule is [2H]c1c([2H])c([2H])c(-c2ccc(N(c3ccc(-c4c([2H])c([2H])c([2H])c([2H])c4[2H])cc3)c3ccc(-c4ccc(-c5ccc6c(c5)c5c7ccccc7ccc5n6-c5ccccc5)cc4)s3)cc2)c([2H])c1[2H]. The highest BCUT2D eigenvalue weighted by atomic mass is 32.1. The van der Waals surface area contributed by atoms with E-state index in [0.29, 0.717) is 11.1 Å². The summed E-state index contributed by atoms with van der Waals surface area (Å²) in [6.07, 6.45) is 0. The maximum absolute atomic E-state index is 8.56. The first-order valence-electron chi connectivity index (χ1n) is 24.3. The van der Waals surface area contributed by atoms with E-state index in [1.165, 1.54) is 21.5 Å². The Morgan fingerprint density at radius 1 is 0.407 bits per heavy atom. The second kappa shape index (κ2) is 14.8. The Balaban J connectivity index is 0.969. The van der Waals surface area contributed by atoms with Gasteiger partial charge in [-0.25, -0.2) is 0 Å². The predicted octanol–water partition coefficient (Wildman–Crippen LogP) is 16.1. The van der Waals surface area contributed by atoms with Crippen LogP contribution in [0.2, 0.25) is 0 Å². The third-order valence-corrected chi connectivity index (χ3v) is 11.9. The number of para-hydroxylation sites is 1. The van der Waals surface area contributed by atoms with Crippen molar-refractivity contribution in [2.45, 2.75) is 0 Å². The Bertz CT molecular complexity index is 3660. The summed E-state index contributed by atoms with van der Waals surface area (Å²) >= 11 is 1.57. The largest absolute Gasteiger partial charge is 0.309 e. The molecule has 0 aliphatic rings. The average Bonchev–Trinajstić information content (AvgIpc) is 4.01. The van der Waals surface area contributed by atoms with E-state index < -0.39 is 36.3 Å². The van der Waals surface area contributed by atoms with Gasteiger partial charge in [0, 0.05) is 32.7 Å². The molecule has 11 rings (SSSR count). The van der Waals surface area contributed by atoms with Crippen molar-refractivity contribution >= 4 is 60.3 Å². The van der Waals surface area contributed by atoms with Gasteiger partial charge >= 0.3 is 0 Å². The molecule has 11 aromatic rings. The number of nitrogens with zero attached hydrogens (tertiary/aromatic N) is 2. The first kappa shape index (κ1) is 25.7. The van der Waals surface area contributed by atoms with Crippen LogP contribution >= 0.6 is 11.3 Å². The summed E-state index contributed by atoms with van der Waals surface area (Å²) < 4.78 is 85.6. The minimum absolute atomic E-state index is 0.108. The zero-order valence-electron chi connectivity index (χ0n) is 41.5. The Morgan fingerprint density at radius 3 is 1.61 bits per heavy atom. The van der Waals surface area contributed by atoms with Crippen molar-refractivity contribution in [1.82, 2.24) is 4.57 Å². The molecule has 3 heteroatoms. The van der Waals surface area contributed by atoms with E-state index in [0.717, 1.165) is 54.7 Å². The number of anilines is 3. The summed E-state index contributed by atoms with van der Waals surface area (Å²) in [6.45, 7) is 0. The summed E-state index contributed by atoms with van der Waals surface area (Å²) in [5, 5.41) is 5.65. The first-order valence-corrected chi connectivity index (χ1v) is 20.1. The van der Waals surface area contributed by atoms with E-state index in [9.17, 15) is 0 Å². The summed E-state index contributed by atoms with van der Waals surface area (Å²) in [5.41, 5.74) is 9.20. The molecule has 0 amide bonds. The number of hydrogen-bond acceptors (Lipinski definition) is 2. The van der Waals surface area contributed by atoms with Crippen molar-refractivity contribution in [2.75, 3.05) is 4.90 Å². The third-order valence-electron chi connectivity index (χ3n) is 10.8. The van der Waals surface area contributed by atoms with E-state index in [2.05, 4.69) is 114 Å². The van der Waals surface area contributed by atoms with Gasteiger partial charge in [0.2, 0.25) is 0 Å². The topological polar surface area (TPSA) is 8.17 Å². The molecule has 0 saturated heterocycles. The fourth-order valence-corrected chi connectivity index (χ4v) is 9.06. The minimum Gasteiger partial charge on any atom is -0.309 e. The van der Waals surface area contributed by atoms with Crippen LogP contribution in [0.4, 0.5) is 16.4 Å². The second-order valence-corrected chi connectivity index (χ2v) is 15.3. The minimum atomic E-state index is -0.453. The molecule has 278 valence electrons. The first-order chi connectivity index (χ1) is 33.4. The fraction of sp³-hybridized carbons (Fsp3) is 0. The molecule has 2 heterocycles. The molecule has 0 spiro atoms. The number of thiophene rings is 1. The lowest BCUT2D eigenvalue weighted by atomic mass is 9.99. The van der Waals surface area contributed by atoms with Gasteiger partial charge in [-0.15, -0.1) is 11.3 Å². The molecule has 0 unspecified atom stereocenters. The van der Waals surface area contributed by atoms with E-state index in [-0.39, 0.29) is 35.3 Å². The van der Waals surface area contributed by atoms with Crippen molar-refractivity contribution < 1.29 is 13.7 Å². The van der Waals surface area contributed by atoms with Crippen molar-refractivity contribution in [1.29, 1.82) is 0 Å². The molecule has 2 nitrogen and oxygen atoms in total. The average molecular weight is 781 g/mol.